The number of carbonyl (C=O) groups is 2. The highest BCUT2D eigenvalue weighted by Gasteiger charge is 2.42. The Labute approximate surface area is 86.5 Å². The first-order chi connectivity index (χ1) is 7.03. The van der Waals surface area contributed by atoms with Crippen LogP contribution < -0.4 is 4.74 Å². The van der Waals surface area contributed by atoms with Crippen LogP contribution >= 0.6 is 0 Å². The minimum absolute atomic E-state index is 0.126. The Morgan fingerprint density at radius 2 is 2.13 bits per heavy atom. The van der Waals surface area contributed by atoms with Crippen LogP contribution in [0.25, 0.3) is 0 Å². The summed E-state index contributed by atoms with van der Waals surface area (Å²) in [4.78, 5) is 22.6. The molecule has 0 radical (unpaired) electrons. The van der Waals surface area contributed by atoms with Crippen molar-refractivity contribution >= 4 is 11.8 Å². The maximum absolute atomic E-state index is 11.7. The van der Waals surface area contributed by atoms with Gasteiger partial charge in [0.2, 0.25) is 5.60 Å². The number of benzene rings is 1. The van der Waals surface area contributed by atoms with E-state index in [1.165, 1.54) is 6.92 Å². The number of ketones is 1. The molecule has 1 unspecified atom stereocenters. The van der Waals surface area contributed by atoms with Crippen LogP contribution in [-0.4, -0.2) is 22.5 Å². The van der Waals surface area contributed by atoms with Crippen molar-refractivity contribution in [3.05, 3.63) is 29.8 Å². The lowest BCUT2D eigenvalue weighted by Gasteiger charge is -2.30. The number of hydrogen-bond donors (Lipinski definition) is 1. The molecule has 0 spiro atoms. The van der Waals surface area contributed by atoms with Gasteiger partial charge in [-0.05, 0) is 19.1 Å². The topological polar surface area (TPSA) is 63.6 Å². The van der Waals surface area contributed by atoms with Crippen LogP contribution in [0.2, 0.25) is 0 Å². The summed E-state index contributed by atoms with van der Waals surface area (Å²) in [5.41, 5.74) is -0.984. The van der Waals surface area contributed by atoms with Gasteiger partial charge in [-0.25, -0.2) is 4.79 Å². The molecule has 4 heteroatoms. The molecule has 0 aliphatic carbocycles. The molecule has 1 atom stereocenters. The van der Waals surface area contributed by atoms with E-state index in [4.69, 9.17) is 9.84 Å². The lowest BCUT2D eigenvalue weighted by Crippen LogP contribution is -2.46. The van der Waals surface area contributed by atoms with Crippen molar-refractivity contribution in [2.75, 3.05) is 0 Å². The van der Waals surface area contributed by atoms with Crippen molar-refractivity contribution < 1.29 is 19.4 Å². The number of ether oxygens (including phenoxy) is 1. The third-order valence-electron chi connectivity index (χ3n) is 2.47. The lowest BCUT2D eigenvalue weighted by molar-refractivity contribution is -0.154. The van der Waals surface area contributed by atoms with E-state index >= 15 is 0 Å². The zero-order chi connectivity index (χ0) is 11.1. The molecule has 0 bridgehead atoms. The number of aliphatic carboxylic acids is 1. The average molecular weight is 206 g/mol. The Morgan fingerprint density at radius 3 is 2.80 bits per heavy atom. The van der Waals surface area contributed by atoms with Gasteiger partial charge in [0.15, 0.2) is 5.78 Å². The van der Waals surface area contributed by atoms with Crippen molar-refractivity contribution in [1.82, 2.24) is 0 Å². The maximum atomic E-state index is 11.7. The fraction of sp³-hybridized carbons (Fsp3) is 0.273. The second-order valence-electron chi connectivity index (χ2n) is 3.73. The minimum Gasteiger partial charge on any atom is -0.478 e. The summed E-state index contributed by atoms with van der Waals surface area (Å²) in [7, 11) is 0. The van der Waals surface area contributed by atoms with E-state index in [1.807, 2.05) is 0 Å². The lowest BCUT2D eigenvalue weighted by atomic mass is 9.92. The molecule has 0 aromatic heterocycles. The third-order valence-corrected chi connectivity index (χ3v) is 2.47. The van der Waals surface area contributed by atoms with Crippen LogP contribution in [0.4, 0.5) is 0 Å². The van der Waals surface area contributed by atoms with Gasteiger partial charge in [-0.1, -0.05) is 12.1 Å². The molecule has 0 saturated carbocycles. The Hall–Kier alpha value is -1.84. The predicted molar refractivity (Wildman–Crippen MR) is 52.1 cm³/mol. The van der Waals surface area contributed by atoms with Gasteiger partial charge in [-0.2, -0.15) is 0 Å². The maximum Gasteiger partial charge on any atom is 0.348 e. The summed E-state index contributed by atoms with van der Waals surface area (Å²) in [6, 6.07) is 6.68. The van der Waals surface area contributed by atoms with Crippen molar-refractivity contribution in [2.45, 2.75) is 18.9 Å². The van der Waals surface area contributed by atoms with Crippen LogP contribution in [0.5, 0.6) is 5.75 Å². The molecule has 1 aromatic rings. The van der Waals surface area contributed by atoms with Crippen LogP contribution in [0.15, 0.2) is 24.3 Å². The Morgan fingerprint density at radius 1 is 1.47 bits per heavy atom. The molecular weight excluding hydrogens is 196 g/mol. The summed E-state index contributed by atoms with van der Waals surface area (Å²) in [5.74, 6) is -0.967. The number of fused-ring (bicyclic) bond motifs is 1. The Balaban J connectivity index is 2.47. The van der Waals surface area contributed by atoms with Crippen LogP contribution in [0, 0.1) is 0 Å². The quantitative estimate of drug-likeness (QED) is 0.756. The highest BCUT2D eigenvalue weighted by Crippen LogP contribution is 2.32. The number of carbonyl (C=O) groups excluding carboxylic acids is 1. The molecule has 1 aliphatic rings. The van der Waals surface area contributed by atoms with Gasteiger partial charge in [0.1, 0.15) is 5.75 Å². The molecule has 0 amide bonds. The number of para-hydroxylation sites is 1. The summed E-state index contributed by atoms with van der Waals surface area (Å²) in [6.07, 6.45) is -0.126. The fourth-order valence-electron chi connectivity index (χ4n) is 1.59. The van der Waals surface area contributed by atoms with Crippen molar-refractivity contribution in [2.24, 2.45) is 0 Å². The molecular formula is C11H10O4. The van der Waals surface area contributed by atoms with Crippen LogP contribution in [0.3, 0.4) is 0 Å². The van der Waals surface area contributed by atoms with Gasteiger partial charge in [0.25, 0.3) is 0 Å². The zero-order valence-corrected chi connectivity index (χ0v) is 8.19. The van der Waals surface area contributed by atoms with E-state index in [0.717, 1.165) is 0 Å². The number of carboxylic acids is 1. The van der Waals surface area contributed by atoms with Gasteiger partial charge in [0, 0.05) is 0 Å². The molecule has 1 aliphatic heterocycles. The van der Waals surface area contributed by atoms with E-state index in [0.29, 0.717) is 11.3 Å². The molecule has 1 aromatic carbocycles. The van der Waals surface area contributed by atoms with Crippen molar-refractivity contribution in [3.8, 4) is 5.75 Å². The standard InChI is InChI=1S/C11H10O4/c1-11(10(13)14)6-8(12)7-4-2-3-5-9(7)15-11/h2-5H,6H2,1H3,(H,13,14). The van der Waals surface area contributed by atoms with Gasteiger partial charge < -0.3 is 9.84 Å². The molecule has 0 fully saturated rings. The minimum atomic E-state index is -1.44. The largest absolute Gasteiger partial charge is 0.478 e. The van der Waals surface area contributed by atoms with Gasteiger partial charge in [-0.3, -0.25) is 4.79 Å². The molecule has 1 heterocycles. The van der Waals surface area contributed by atoms with Gasteiger partial charge >= 0.3 is 5.97 Å². The Bertz CT molecular complexity index is 438. The van der Waals surface area contributed by atoms with E-state index in [9.17, 15) is 9.59 Å². The normalized spacial score (nSPS) is 24.2. The first-order valence-corrected chi connectivity index (χ1v) is 4.57. The number of Topliss-reactive ketones (excluding diaryl/α,β-unsaturated/α-hetero) is 1. The molecule has 15 heavy (non-hydrogen) atoms. The average Bonchev–Trinajstić information content (AvgIpc) is 2.17. The number of rotatable bonds is 1. The first kappa shape index (κ1) is 9.71. The number of carboxylic acid groups (broad SMARTS) is 1. The molecule has 78 valence electrons. The summed E-state index contributed by atoms with van der Waals surface area (Å²) in [5, 5.41) is 8.96. The predicted octanol–water partition coefficient (Wildman–Crippen LogP) is 1.50. The zero-order valence-electron chi connectivity index (χ0n) is 8.19. The summed E-state index contributed by atoms with van der Waals surface area (Å²) < 4.78 is 5.33. The van der Waals surface area contributed by atoms with E-state index in [-0.39, 0.29) is 12.2 Å². The summed E-state index contributed by atoms with van der Waals surface area (Å²) in [6.45, 7) is 1.41. The second kappa shape index (κ2) is 3.08. The monoisotopic (exact) mass is 206 g/mol. The highest BCUT2D eigenvalue weighted by molar-refractivity contribution is 6.03. The first-order valence-electron chi connectivity index (χ1n) is 4.57. The van der Waals surface area contributed by atoms with Crippen molar-refractivity contribution in [3.63, 3.8) is 0 Å². The SMILES string of the molecule is CC1(C(=O)O)CC(=O)c2ccccc2O1. The Kier molecular flexibility index (Phi) is 2.00. The second-order valence-corrected chi connectivity index (χ2v) is 3.73. The van der Waals surface area contributed by atoms with Gasteiger partial charge in [0.05, 0.1) is 12.0 Å². The molecule has 4 nitrogen and oxygen atoms in total. The van der Waals surface area contributed by atoms with E-state index < -0.39 is 11.6 Å². The highest BCUT2D eigenvalue weighted by atomic mass is 16.5. The molecule has 1 N–H and O–H groups in total. The molecule has 2 rings (SSSR count). The third kappa shape index (κ3) is 1.48. The van der Waals surface area contributed by atoms with E-state index in [1.54, 1.807) is 24.3 Å². The van der Waals surface area contributed by atoms with Crippen LogP contribution in [0.1, 0.15) is 23.7 Å². The smallest absolute Gasteiger partial charge is 0.348 e. The van der Waals surface area contributed by atoms with Crippen molar-refractivity contribution in [1.29, 1.82) is 0 Å². The fourth-order valence-corrected chi connectivity index (χ4v) is 1.59. The number of hydrogen-bond acceptors (Lipinski definition) is 3. The molecule has 0 saturated heterocycles. The van der Waals surface area contributed by atoms with E-state index in [2.05, 4.69) is 0 Å². The van der Waals surface area contributed by atoms with Gasteiger partial charge in [-0.15, -0.1) is 0 Å². The van der Waals surface area contributed by atoms with Crippen LogP contribution in [-0.2, 0) is 4.79 Å². The summed E-state index contributed by atoms with van der Waals surface area (Å²) >= 11 is 0.